The SMILES string of the molecule is Cc1cc(-c2nnnn2C(C)C(=O)O)ccc1F. The number of rotatable bonds is 3. The lowest BCUT2D eigenvalue weighted by Gasteiger charge is -2.09. The summed E-state index contributed by atoms with van der Waals surface area (Å²) >= 11 is 0. The third-order valence-corrected chi connectivity index (χ3v) is 2.63. The van der Waals surface area contributed by atoms with Crippen molar-refractivity contribution in [3.63, 3.8) is 0 Å². The van der Waals surface area contributed by atoms with Crippen LogP contribution in [0.4, 0.5) is 4.39 Å². The molecule has 1 atom stereocenters. The van der Waals surface area contributed by atoms with Gasteiger partial charge in [0, 0.05) is 5.56 Å². The quantitative estimate of drug-likeness (QED) is 0.891. The molecule has 18 heavy (non-hydrogen) atoms. The molecule has 0 fully saturated rings. The van der Waals surface area contributed by atoms with E-state index in [2.05, 4.69) is 15.5 Å². The lowest BCUT2D eigenvalue weighted by Crippen LogP contribution is -2.18. The Bertz CT molecular complexity index is 596. The number of hydrogen-bond acceptors (Lipinski definition) is 4. The van der Waals surface area contributed by atoms with Crippen molar-refractivity contribution in [3.05, 3.63) is 29.6 Å². The number of benzene rings is 1. The first kappa shape index (κ1) is 12.2. The molecule has 0 radical (unpaired) electrons. The van der Waals surface area contributed by atoms with Crippen molar-refractivity contribution in [2.75, 3.05) is 0 Å². The summed E-state index contributed by atoms with van der Waals surface area (Å²) < 4.78 is 14.4. The monoisotopic (exact) mass is 250 g/mol. The van der Waals surface area contributed by atoms with Gasteiger partial charge in [-0.3, -0.25) is 0 Å². The summed E-state index contributed by atoms with van der Waals surface area (Å²) in [5.74, 6) is -1.07. The van der Waals surface area contributed by atoms with Crippen LogP contribution in [0.2, 0.25) is 0 Å². The topological polar surface area (TPSA) is 80.9 Å². The maximum atomic E-state index is 13.2. The van der Waals surface area contributed by atoms with E-state index in [-0.39, 0.29) is 5.82 Å². The number of carboxylic acids is 1. The number of tetrazole rings is 1. The van der Waals surface area contributed by atoms with Crippen molar-refractivity contribution in [3.8, 4) is 11.4 Å². The zero-order valence-corrected chi connectivity index (χ0v) is 9.83. The van der Waals surface area contributed by atoms with Gasteiger partial charge in [-0.25, -0.2) is 13.9 Å². The first-order chi connectivity index (χ1) is 8.50. The smallest absolute Gasteiger partial charge is 0.328 e. The molecule has 2 aromatic rings. The molecule has 0 amide bonds. The van der Waals surface area contributed by atoms with Crippen LogP contribution in [0.25, 0.3) is 11.4 Å². The lowest BCUT2D eigenvalue weighted by molar-refractivity contribution is -0.140. The van der Waals surface area contributed by atoms with E-state index in [1.165, 1.54) is 23.7 Å². The highest BCUT2D eigenvalue weighted by molar-refractivity contribution is 5.72. The Kier molecular flexibility index (Phi) is 3.05. The second-order valence-corrected chi connectivity index (χ2v) is 3.93. The molecule has 1 aromatic heterocycles. The van der Waals surface area contributed by atoms with Gasteiger partial charge in [-0.05, 0) is 48.0 Å². The summed E-state index contributed by atoms with van der Waals surface area (Å²) in [5, 5.41) is 19.8. The Morgan fingerprint density at radius 3 is 2.83 bits per heavy atom. The number of hydrogen-bond donors (Lipinski definition) is 1. The molecule has 1 heterocycles. The fourth-order valence-electron chi connectivity index (χ4n) is 1.53. The first-order valence-electron chi connectivity index (χ1n) is 5.28. The minimum absolute atomic E-state index is 0.299. The van der Waals surface area contributed by atoms with Crippen LogP contribution in [0, 0.1) is 12.7 Å². The number of carboxylic acid groups (broad SMARTS) is 1. The van der Waals surface area contributed by atoms with Gasteiger partial charge in [0.1, 0.15) is 5.82 Å². The summed E-state index contributed by atoms with van der Waals surface area (Å²) in [5.41, 5.74) is 1.03. The van der Waals surface area contributed by atoms with Crippen LogP contribution < -0.4 is 0 Å². The second-order valence-electron chi connectivity index (χ2n) is 3.93. The predicted molar refractivity (Wildman–Crippen MR) is 60.3 cm³/mol. The van der Waals surface area contributed by atoms with Crippen LogP contribution in [0.5, 0.6) is 0 Å². The molecule has 0 bridgehead atoms. The number of halogens is 1. The molecule has 1 N–H and O–H groups in total. The molecule has 0 saturated heterocycles. The van der Waals surface area contributed by atoms with E-state index in [4.69, 9.17) is 5.11 Å². The third kappa shape index (κ3) is 2.06. The van der Waals surface area contributed by atoms with Gasteiger partial charge in [-0.15, -0.1) is 5.10 Å². The number of carbonyl (C=O) groups is 1. The molecular formula is C11H11FN4O2. The molecule has 0 aliphatic rings. The van der Waals surface area contributed by atoms with Gasteiger partial charge < -0.3 is 5.11 Å². The van der Waals surface area contributed by atoms with E-state index in [0.29, 0.717) is 17.0 Å². The van der Waals surface area contributed by atoms with Crippen LogP contribution in [-0.4, -0.2) is 31.3 Å². The molecule has 1 aromatic carbocycles. The fraction of sp³-hybridized carbons (Fsp3) is 0.273. The van der Waals surface area contributed by atoms with E-state index in [1.807, 2.05) is 0 Å². The van der Waals surface area contributed by atoms with Gasteiger partial charge in [-0.2, -0.15) is 0 Å². The molecule has 0 aliphatic heterocycles. The standard InChI is InChI=1S/C11H11FN4O2/c1-6-5-8(3-4-9(6)12)10-13-14-15-16(10)7(2)11(17)18/h3-5,7H,1-2H3,(H,17,18). The molecule has 0 spiro atoms. The zero-order valence-electron chi connectivity index (χ0n) is 9.83. The second kappa shape index (κ2) is 4.52. The van der Waals surface area contributed by atoms with Gasteiger partial charge in [0.25, 0.3) is 0 Å². The minimum Gasteiger partial charge on any atom is -0.480 e. The Labute approximate surface area is 102 Å². The van der Waals surface area contributed by atoms with Gasteiger partial charge in [0.15, 0.2) is 11.9 Å². The average Bonchev–Trinajstić information content (AvgIpc) is 2.80. The number of aliphatic carboxylic acids is 1. The number of aromatic nitrogens is 4. The Balaban J connectivity index is 2.48. The minimum atomic E-state index is -1.04. The van der Waals surface area contributed by atoms with Gasteiger partial charge in [0.05, 0.1) is 0 Å². The maximum absolute atomic E-state index is 13.2. The highest BCUT2D eigenvalue weighted by Crippen LogP contribution is 2.21. The zero-order chi connectivity index (χ0) is 13.3. The largest absolute Gasteiger partial charge is 0.480 e. The van der Waals surface area contributed by atoms with Crippen molar-refractivity contribution in [2.24, 2.45) is 0 Å². The highest BCUT2D eigenvalue weighted by Gasteiger charge is 2.20. The first-order valence-corrected chi connectivity index (χ1v) is 5.28. The van der Waals surface area contributed by atoms with E-state index in [0.717, 1.165) is 0 Å². The summed E-state index contributed by atoms with van der Waals surface area (Å²) in [6, 6.07) is 3.50. The summed E-state index contributed by atoms with van der Waals surface area (Å²) in [4.78, 5) is 10.9. The Morgan fingerprint density at radius 1 is 1.50 bits per heavy atom. The maximum Gasteiger partial charge on any atom is 0.328 e. The van der Waals surface area contributed by atoms with Crippen LogP contribution in [0.1, 0.15) is 18.5 Å². The average molecular weight is 250 g/mol. The molecule has 6 nitrogen and oxygen atoms in total. The fourth-order valence-corrected chi connectivity index (χ4v) is 1.53. The lowest BCUT2D eigenvalue weighted by atomic mass is 10.1. The highest BCUT2D eigenvalue weighted by atomic mass is 19.1. The van der Waals surface area contributed by atoms with E-state index in [1.54, 1.807) is 13.0 Å². The van der Waals surface area contributed by atoms with Crippen LogP contribution >= 0.6 is 0 Å². The normalized spacial score (nSPS) is 12.4. The van der Waals surface area contributed by atoms with Crippen LogP contribution in [0.15, 0.2) is 18.2 Å². The van der Waals surface area contributed by atoms with Crippen molar-refractivity contribution < 1.29 is 14.3 Å². The van der Waals surface area contributed by atoms with E-state index >= 15 is 0 Å². The van der Waals surface area contributed by atoms with Crippen molar-refractivity contribution >= 4 is 5.97 Å². The van der Waals surface area contributed by atoms with Gasteiger partial charge in [0.2, 0.25) is 0 Å². The molecule has 94 valence electrons. The van der Waals surface area contributed by atoms with Gasteiger partial charge in [-0.1, -0.05) is 0 Å². The molecule has 0 aliphatic carbocycles. The van der Waals surface area contributed by atoms with Crippen molar-refractivity contribution in [1.29, 1.82) is 0 Å². The van der Waals surface area contributed by atoms with Crippen molar-refractivity contribution in [2.45, 2.75) is 19.9 Å². The Hall–Kier alpha value is -2.31. The molecular weight excluding hydrogens is 239 g/mol. The summed E-state index contributed by atoms with van der Waals surface area (Å²) in [7, 11) is 0. The summed E-state index contributed by atoms with van der Waals surface area (Å²) in [6.07, 6.45) is 0. The number of aryl methyl sites for hydroxylation is 1. The molecule has 1 unspecified atom stereocenters. The third-order valence-electron chi connectivity index (χ3n) is 2.63. The predicted octanol–water partition coefficient (Wildman–Crippen LogP) is 1.43. The van der Waals surface area contributed by atoms with Crippen LogP contribution in [0.3, 0.4) is 0 Å². The van der Waals surface area contributed by atoms with E-state index in [9.17, 15) is 9.18 Å². The number of nitrogens with zero attached hydrogens (tertiary/aromatic N) is 4. The molecule has 7 heteroatoms. The summed E-state index contributed by atoms with van der Waals surface area (Å²) in [6.45, 7) is 3.09. The van der Waals surface area contributed by atoms with E-state index < -0.39 is 12.0 Å². The Morgan fingerprint density at radius 2 is 2.22 bits per heavy atom. The van der Waals surface area contributed by atoms with Crippen molar-refractivity contribution in [1.82, 2.24) is 20.2 Å². The van der Waals surface area contributed by atoms with Gasteiger partial charge >= 0.3 is 5.97 Å². The molecule has 2 rings (SSSR count). The van der Waals surface area contributed by atoms with Crippen LogP contribution in [-0.2, 0) is 4.79 Å². The molecule has 0 saturated carbocycles.